The molecule has 1 N–H and O–H groups in total. The molecule has 6 heteroatoms. The van der Waals surface area contributed by atoms with Crippen LogP contribution < -0.4 is 10.1 Å². The number of nitrogens with one attached hydrogen (secondary N) is 1. The molecule has 1 atom stereocenters. The van der Waals surface area contributed by atoms with E-state index in [1.165, 1.54) is 0 Å². The van der Waals surface area contributed by atoms with Gasteiger partial charge in [0.15, 0.2) is 6.61 Å². The van der Waals surface area contributed by atoms with Crippen molar-refractivity contribution in [2.24, 2.45) is 0 Å². The molecule has 0 unspecified atom stereocenters. The molecule has 5 nitrogen and oxygen atoms in total. The van der Waals surface area contributed by atoms with Gasteiger partial charge in [0.2, 0.25) is 5.91 Å². The summed E-state index contributed by atoms with van der Waals surface area (Å²) in [5.74, 6) is 0.163. The Kier molecular flexibility index (Phi) is 8.88. The molecule has 0 fully saturated rings. The Balaban J connectivity index is 1.91. The maximum atomic E-state index is 13.5. The number of nitrogens with zero attached hydrogens (tertiary/aromatic N) is 1. The van der Waals surface area contributed by atoms with Gasteiger partial charge in [0, 0.05) is 23.0 Å². The average molecular weight is 523 g/mol. The van der Waals surface area contributed by atoms with E-state index in [1.807, 2.05) is 93.6 Å². The van der Waals surface area contributed by atoms with Gasteiger partial charge in [-0.1, -0.05) is 76.6 Å². The molecule has 0 aromatic heterocycles. The van der Waals surface area contributed by atoms with Gasteiger partial charge in [-0.3, -0.25) is 9.59 Å². The summed E-state index contributed by atoms with van der Waals surface area (Å²) in [6.07, 6.45) is 0.399. The number of carbonyl (C=O) groups is 2. The summed E-state index contributed by atoms with van der Waals surface area (Å²) in [7, 11) is 0. The minimum atomic E-state index is -0.697. The summed E-state index contributed by atoms with van der Waals surface area (Å²) in [5, 5.41) is 3.06. The van der Waals surface area contributed by atoms with Gasteiger partial charge in [0.25, 0.3) is 5.91 Å². The molecule has 0 aliphatic carbocycles. The van der Waals surface area contributed by atoms with Crippen LogP contribution in [0.25, 0.3) is 0 Å². The highest BCUT2D eigenvalue weighted by Gasteiger charge is 2.32. The molecular weight excluding hydrogens is 492 g/mol. The Hall–Kier alpha value is -3.12. The number of benzene rings is 3. The maximum absolute atomic E-state index is 13.5. The summed E-state index contributed by atoms with van der Waals surface area (Å²) in [6.45, 7) is 5.94. The largest absolute Gasteiger partial charge is 0.484 e. The Labute approximate surface area is 210 Å². The molecule has 0 bridgehead atoms. The number of halogens is 1. The van der Waals surface area contributed by atoms with Gasteiger partial charge in [0.05, 0.1) is 0 Å². The predicted octanol–water partition coefficient (Wildman–Crippen LogP) is 5.38. The zero-order valence-electron chi connectivity index (χ0n) is 19.8. The van der Waals surface area contributed by atoms with Crippen molar-refractivity contribution in [1.29, 1.82) is 0 Å². The Morgan fingerprint density at radius 3 is 2.06 bits per heavy atom. The van der Waals surface area contributed by atoms with E-state index >= 15 is 0 Å². The van der Waals surface area contributed by atoms with Crippen LogP contribution in [0.15, 0.2) is 89.4 Å². The number of rotatable bonds is 9. The van der Waals surface area contributed by atoms with Crippen LogP contribution in [0.4, 0.5) is 0 Å². The fraction of sp³-hybridized carbons (Fsp3) is 0.286. The van der Waals surface area contributed by atoms with Crippen molar-refractivity contribution in [1.82, 2.24) is 10.2 Å². The second-order valence-electron chi connectivity index (χ2n) is 9.19. The Morgan fingerprint density at radius 2 is 1.47 bits per heavy atom. The molecule has 0 aliphatic rings. The van der Waals surface area contributed by atoms with Gasteiger partial charge < -0.3 is 15.0 Å². The minimum absolute atomic E-state index is 0.158. The molecule has 3 aromatic rings. The van der Waals surface area contributed by atoms with Gasteiger partial charge in [-0.15, -0.1) is 0 Å². The van der Waals surface area contributed by atoms with Crippen LogP contribution in [0.2, 0.25) is 0 Å². The van der Waals surface area contributed by atoms with Gasteiger partial charge in [-0.05, 0) is 56.2 Å². The van der Waals surface area contributed by atoms with Crippen LogP contribution in [0.5, 0.6) is 5.75 Å². The van der Waals surface area contributed by atoms with E-state index in [0.29, 0.717) is 18.7 Å². The van der Waals surface area contributed by atoms with Crippen molar-refractivity contribution in [3.8, 4) is 5.75 Å². The van der Waals surface area contributed by atoms with E-state index in [-0.39, 0.29) is 18.4 Å². The van der Waals surface area contributed by atoms with E-state index in [9.17, 15) is 9.59 Å². The fourth-order valence-corrected chi connectivity index (χ4v) is 3.80. The number of ether oxygens (including phenoxy) is 1. The molecule has 178 valence electrons. The van der Waals surface area contributed by atoms with Crippen LogP contribution in [0.1, 0.15) is 31.9 Å². The first-order valence-corrected chi connectivity index (χ1v) is 12.1. The molecule has 3 rings (SSSR count). The van der Waals surface area contributed by atoms with Crippen molar-refractivity contribution >= 4 is 27.7 Å². The van der Waals surface area contributed by atoms with Crippen molar-refractivity contribution in [2.75, 3.05) is 6.61 Å². The first-order valence-electron chi connectivity index (χ1n) is 11.3. The molecule has 3 aromatic carbocycles. The fourth-order valence-electron chi connectivity index (χ4n) is 3.54. The first kappa shape index (κ1) is 25.5. The molecule has 2 amide bonds. The number of para-hydroxylation sites is 1. The lowest BCUT2D eigenvalue weighted by atomic mass is 10.0. The van der Waals surface area contributed by atoms with Crippen LogP contribution in [0.3, 0.4) is 0 Å². The lowest BCUT2D eigenvalue weighted by Crippen LogP contribution is -2.55. The van der Waals surface area contributed by atoms with Crippen LogP contribution in [-0.4, -0.2) is 34.9 Å². The molecule has 0 aliphatic heterocycles. The number of hydrogen-bond acceptors (Lipinski definition) is 3. The topological polar surface area (TPSA) is 58.6 Å². The van der Waals surface area contributed by atoms with Crippen LogP contribution in [0, 0.1) is 0 Å². The maximum Gasteiger partial charge on any atom is 0.261 e. The lowest BCUT2D eigenvalue weighted by molar-refractivity contribution is -0.143. The normalized spacial score (nSPS) is 12.0. The number of amides is 2. The molecule has 0 saturated carbocycles. The average Bonchev–Trinajstić information content (AvgIpc) is 2.81. The molecule has 0 spiro atoms. The van der Waals surface area contributed by atoms with Gasteiger partial charge in [-0.25, -0.2) is 0 Å². The standard InChI is InChI=1S/C28H31BrN2O3/c1-28(2,3)30-27(33)25(18-21-10-6-4-7-11-21)31(19-22-14-16-23(29)17-15-22)26(32)20-34-24-12-8-5-9-13-24/h4-17,25H,18-20H2,1-3H3,(H,30,33)/t25-/m0/s1. The first-order chi connectivity index (χ1) is 16.2. The van der Waals surface area contributed by atoms with Gasteiger partial charge in [-0.2, -0.15) is 0 Å². The minimum Gasteiger partial charge on any atom is -0.484 e. The third-order valence-electron chi connectivity index (χ3n) is 5.14. The Bertz CT molecular complexity index is 1060. The van der Waals surface area contributed by atoms with Crippen molar-refractivity contribution in [3.63, 3.8) is 0 Å². The second kappa shape index (κ2) is 11.8. The third-order valence-corrected chi connectivity index (χ3v) is 5.67. The molecular formula is C28H31BrN2O3. The van der Waals surface area contributed by atoms with Gasteiger partial charge in [0.1, 0.15) is 11.8 Å². The third kappa shape index (κ3) is 8.03. The zero-order chi connectivity index (χ0) is 24.6. The highest BCUT2D eigenvalue weighted by Crippen LogP contribution is 2.18. The van der Waals surface area contributed by atoms with Gasteiger partial charge >= 0.3 is 0 Å². The van der Waals surface area contributed by atoms with E-state index in [0.717, 1.165) is 15.6 Å². The predicted molar refractivity (Wildman–Crippen MR) is 138 cm³/mol. The van der Waals surface area contributed by atoms with Crippen molar-refractivity contribution < 1.29 is 14.3 Å². The summed E-state index contributed by atoms with van der Waals surface area (Å²) in [4.78, 5) is 28.6. The van der Waals surface area contributed by atoms with E-state index < -0.39 is 11.6 Å². The summed E-state index contributed by atoms with van der Waals surface area (Å²) in [5.41, 5.74) is 1.48. The van der Waals surface area contributed by atoms with E-state index in [1.54, 1.807) is 17.0 Å². The summed E-state index contributed by atoms with van der Waals surface area (Å²) < 4.78 is 6.71. The summed E-state index contributed by atoms with van der Waals surface area (Å²) in [6, 6.07) is 26.0. The summed E-state index contributed by atoms with van der Waals surface area (Å²) >= 11 is 3.46. The highest BCUT2D eigenvalue weighted by atomic mass is 79.9. The number of carbonyl (C=O) groups excluding carboxylic acids is 2. The zero-order valence-corrected chi connectivity index (χ0v) is 21.4. The van der Waals surface area contributed by atoms with Crippen LogP contribution in [-0.2, 0) is 22.6 Å². The number of hydrogen-bond donors (Lipinski definition) is 1. The smallest absolute Gasteiger partial charge is 0.261 e. The van der Waals surface area contributed by atoms with E-state index in [2.05, 4.69) is 21.2 Å². The molecule has 0 heterocycles. The molecule has 0 radical (unpaired) electrons. The monoisotopic (exact) mass is 522 g/mol. The highest BCUT2D eigenvalue weighted by molar-refractivity contribution is 9.10. The van der Waals surface area contributed by atoms with Crippen molar-refractivity contribution in [2.45, 2.75) is 45.3 Å². The lowest BCUT2D eigenvalue weighted by Gasteiger charge is -2.33. The van der Waals surface area contributed by atoms with Crippen LogP contribution >= 0.6 is 15.9 Å². The van der Waals surface area contributed by atoms with Crippen molar-refractivity contribution in [3.05, 3.63) is 101 Å². The van der Waals surface area contributed by atoms with E-state index in [4.69, 9.17) is 4.74 Å². The quantitative estimate of drug-likeness (QED) is 0.410. The SMILES string of the molecule is CC(C)(C)NC(=O)[C@H](Cc1ccccc1)N(Cc1ccc(Br)cc1)C(=O)COc1ccccc1. The second-order valence-corrected chi connectivity index (χ2v) is 10.1. The Morgan fingerprint density at radius 1 is 0.882 bits per heavy atom. The molecule has 34 heavy (non-hydrogen) atoms. The molecule has 0 saturated heterocycles.